The van der Waals surface area contributed by atoms with Crippen LogP contribution in [0.15, 0.2) is 12.1 Å². The molecule has 19 heavy (non-hydrogen) atoms. The van der Waals surface area contributed by atoms with Crippen molar-refractivity contribution in [1.29, 1.82) is 0 Å². The van der Waals surface area contributed by atoms with Crippen LogP contribution in [0.5, 0.6) is 0 Å². The highest BCUT2D eigenvalue weighted by molar-refractivity contribution is 6.29. The average molecular weight is 284 g/mol. The molecular formula is C15H26ClN3. The smallest absolute Gasteiger partial charge is 0.133 e. The zero-order valence-corrected chi connectivity index (χ0v) is 12.7. The molecule has 3 nitrogen and oxygen atoms in total. The Morgan fingerprint density at radius 3 is 2.32 bits per heavy atom. The van der Waals surface area contributed by atoms with Crippen molar-refractivity contribution in [3.63, 3.8) is 0 Å². The lowest BCUT2D eigenvalue weighted by Crippen LogP contribution is -2.04. The third kappa shape index (κ3) is 7.93. The lowest BCUT2D eigenvalue weighted by atomic mass is 10.1. The largest absolute Gasteiger partial charge is 0.399 e. The van der Waals surface area contributed by atoms with Crippen molar-refractivity contribution < 1.29 is 0 Å². The third-order valence-electron chi connectivity index (χ3n) is 3.15. The van der Waals surface area contributed by atoms with Crippen LogP contribution in [-0.4, -0.2) is 11.5 Å². The van der Waals surface area contributed by atoms with Gasteiger partial charge in [0, 0.05) is 18.3 Å². The first kappa shape index (κ1) is 16.1. The van der Waals surface area contributed by atoms with E-state index in [0.29, 0.717) is 10.8 Å². The average Bonchev–Trinajstić information content (AvgIpc) is 2.36. The van der Waals surface area contributed by atoms with Gasteiger partial charge in [-0.15, -0.1) is 0 Å². The van der Waals surface area contributed by atoms with E-state index in [1.54, 1.807) is 6.07 Å². The van der Waals surface area contributed by atoms with Crippen LogP contribution < -0.4 is 11.1 Å². The van der Waals surface area contributed by atoms with Crippen molar-refractivity contribution in [3.05, 3.63) is 17.3 Å². The molecule has 0 radical (unpaired) electrons. The number of nitrogen functional groups attached to an aromatic ring is 1. The Bertz CT molecular complexity index is 335. The predicted molar refractivity (Wildman–Crippen MR) is 84.8 cm³/mol. The molecule has 0 saturated carbocycles. The zero-order valence-electron chi connectivity index (χ0n) is 11.9. The summed E-state index contributed by atoms with van der Waals surface area (Å²) in [6.07, 6.45) is 10.6. The van der Waals surface area contributed by atoms with Gasteiger partial charge in [-0.25, -0.2) is 4.98 Å². The molecule has 3 N–H and O–H groups in total. The lowest BCUT2D eigenvalue weighted by Gasteiger charge is -2.07. The molecule has 0 aliphatic carbocycles. The van der Waals surface area contributed by atoms with Gasteiger partial charge in [-0.3, -0.25) is 0 Å². The van der Waals surface area contributed by atoms with Gasteiger partial charge in [0.15, 0.2) is 0 Å². The van der Waals surface area contributed by atoms with E-state index in [2.05, 4.69) is 17.2 Å². The molecule has 4 heteroatoms. The van der Waals surface area contributed by atoms with Crippen LogP contribution in [0, 0.1) is 0 Å². The van der Waals surface area contributed by atoms with E-state index in [1.807, 2.05) is 6.07 Å². The monoisotopic (exact) mass is 283 g/mol. The maximum absolute atomic E-state index is 5.84. The summed E-state index contributed by atoms with van der Waals surface area (Å²) < 4.78 is 0. The topological polar surface area (TPSA) is 50.9 Å². The fourth-order valence-corrected chi connectivity index (χ4v) is 2.30. The minimum Gasteiger partial charge on any atom is -0.399 e. The number of rotatable bonds is 10. The number of aromatic nitrogens is 1. The standard InChI is InChI=1S/C15H26ClN3/c1-2-3-4-5-6-7-8-9-10-18-15-12-13(17)11-14(16)19-15/h11-12H,2-10H2,1H3,(H3,17,18,19). The van der Waals surface area contributed by atoms with Gasteiger partial charge in [-0.1, -0.05) is 63.5 Å². The number of unbranched alkanes of at least 4 members (excludes halogenated alkanes) is 7. The highest BCUT2D eigenvalue weighted by Crippen LogP contribution is 2.16. The Hall–Kier alpha value is -0.960. The SMILES string of the molecule is CCCCCCCCCCNc1cc(N)cc(Cl)n1. The van der Waals surface area contributed by atoms with E-state index in [1.165, 1.54) is 51.4 Å². The van der Waals surface area contributed by atoms with Gasteiger partial charge in [0.25, 0.3) is 0 Å². The molecule has 0 fully saturated rings. The third-order valence-corrected chi connectivity index (χ3v) is 3.35. The summed E-state index contributed by atoms with van der Waals surface area (Å²) in [7, 11) is 0. The molecule has 0 aliphatic heterocycles. The van der Waals surface area contributed by atoms with Gasteiger partial charge in [0.2, 0.25) is 0 Å². The van der Waals surface area contributed by atoms with E-state index < -0.39 is 0 Å². The highest BCUT2D eigenvalue weighted by Gasteiger charge is 1.98. The van der Waals surface area contributed by atoms with Gasteiger partial charge in [-0.05, 0) is 12.5 Å². The molecule has 108 valence electrons. The van der Waals surface area contributed by atoms with E-state index in [9.17, 15) is 0 Å². The van der Waals surface area contributed by atoms with Gasteiger partial charge in [0.05, 0.1) is 0 Å². The molecule has 0 unspecified atom stereocenters. The summed E-state index contributed by atoms with van der Waals surface area (Å²) in [4.78, 5) is 4.18. The molecule has 0 amide bonds. The van der Waals surface area contributed by atoms with Gasteiger partial charge < -0.3 is 11.1 Å². The van der Waals surface area contributed by atoms with Gasteiger partial charge in [0.1, 0.15) is 11.0 Å². The zero-order chi connectivity index (χ0) is 13.9. The number of nitrogens with one attached hydrogen (secondary N) is 1. The van der Waals surface area contributed by atoms with Gasteiger partial charge in [-0.2, -0.15) is 0 Å². The first-order chi connectivity index (χ1) is 9.22. The molecule has 1 aromatic rings. The fraction of sp³-hybridized carbons (Fsp3) is 0.667. The van der Waals surface area contributed by atoms with Crippen molar-refractivity contribution in [1.82, 2.24) is 4.98 Å². The van der Waals surface area contributed by atoms with Gasteiger partial charge >= 0.3 is 0 Å². The van der Waals surface area contributed by atoms with Crippen molar-refractivity contribution >= 4 is 23.1 Å². The maximum atomic E-state index is 5.84. The van der Waals surface area contributed by atoms with Crippen LogP contribution in [-0.2, 0) is 0 Å². The normalized spacial score (nSPS) is 10.6. The minimum atomic E-state index is 0.443. The maximum Gasteiger partial charge on any atom is 0.133 e. The van der Waals surface area contributed by atoms with Crippen LogP contribution in [0.1, 0.15) is 58.3 Å². The first-order valence-corrected chi connectivity index (χ1v) is 7.77. The van der Waals surface area contributed by atoms with Crippen molar-refractivity contribution in [2.45, 2.75) is 58.3 Å². The van der Waals surface area contributed by atoms with Crippen molar-refractivity contribution in [2.75, 3.05) is 17.6 Å². The summed E-state index contributed by atoms with van der Waals surface area (Å²) >= 11 is 5.84. The number of halogens is 1. The molecule has 0 saturated heterocycles. The molecule has 0 aliphatic rings. The summed E-state index contributed by atoms with van der Waals surface area (Å²) in [6, 6.07) is 3.47. The molecule has 0 spiro atoms. The van der Waals surface area contributed by atoms with Crippen LogP contribution >= 0.6 is 11.6 Å². The summed E-state index contributed by atoms with van der Waals surface area (Å²) in [5.41, 5.74) is 6.36. The molecule has 0 bridgehead atoms. The number of pyridine rings is 1. The number of anilines is 2. The number of nitrogens with zero attached hydrogens (tertiary/aromatic N) is 1. The first-order valence-electron chi connectivity index (χ1n) is 7.39. The second-order valence-corrected chi connectivity index (χ2v) is 5.40. The number of hydrogen-bond donors (Lipinski definition) is 2. The highest BCUT2D eigenvalue weighted by atomic mass is 35.5. The minimum absolute atomic E-state index is 0.443. The van der Waals surface area contributed by atoms with Crippen molar-refractivity contribution in [2.24, 2.45) is 0 Å². The Morgan fingerprint density at radius 2 is 1.68 bits per heavy atom. The van der Waals surface area contributed by atoms with E-state index >= 15 is 0 Å². The molecule has 1 rings (SSSR count). The lowest BCUT2D eigenvalue weighted by molar-refractivity contribution is 0.581. The Labute approximate surface area is 121 Å². The number of nitrogens with two attached hydrogens (primary N) is 1. The van der Waals surface area contributed by atoms with Crippen molar-refractivity contribution in [3.8, 4) is 0 Å². The second kappa shape index (κ2) is 9.90. The van der Waals surface area contributed by atoms with Crippen LogP contribution in [0.3, 0.4) is 0 Å². The molecule has 1 heterocycles. The summed E-state index contributed by atoms with van der Waals surface area (Å²) in [5, 5.41) is 3.70. The second-order valence-electron chi connectivity index (χ2n) is 5.01. The Balaban J connectivity index is 2.01. The van der Waals surface area contributed by atoms with E-state index in [4.69, 9.17) is 17.3 Å². The van der Waals surface area contributed by atoms with E-state index in [0.717, 1.165) is 12.4 Å². The summed E-state index contributed by atoms with van der Waals surface area (Å²) in [6.45, 7) is 3.18. The molecule has 0 aromatic carbocycles. The van der Waals surface area contributed by atoms with E-state index in [-0.39, 0.29) is 0 Å². The van der Waals surface area contributed by atoms with Crippen LogP contribution in [0.25, 0.3) is 0 Å². The summed E-state index contributed by atoms with van der Waals surface area (Å²) in [5.74, 6) is 0.771. The predicted octanol–water partition coefficient (Wildman–Crippen LogP) is 4.87. The molecule has 1 aromatic heterocycles. The van der Waals surface area contributed by atoms with Crippen LogP contribution in [0.4, 0.5) is 11.5 Å². The fourth-order valence-electron chi connectivity index (χ4n) is 2.08. The Morgan fingerprint density at radius 1 is 1.05 bits per heavy atom. The quantitative estimate of drug-likeness (QED) is 0.476. The Kier molecular flexibility index (Phi) is 8.39. The van der Waals surface area contributed by atoms with Crippen LogP contribution in [0.2, 0.25) is 5.15 Å². The molecule has 0 atom stereocenters. The number of hydrogen-bond acceptors (Lipinski definition) is 3. The molecular weight excluding hydrogens is 258 g/mol.